The lowest BCUT2D eigenvalue weighted by Crippen LogP contribution is -2.21. The Balaban J connectivity index is 3.08. The lowest BCUT2D eigenvalue weighted by atomic mass is 10.1. The number of hydrogen-bond acceptors (Lipinski definition) is 2. The van der Waals surface area contributed by atoms with Crippen LogP contribution in [0.25, 0.3) is 0 Å². The number of hydrogen-bond donors (Lipinski definition) is 2. The third kappa shape index (κ3) is 14.9. The highest BCUT2D eigenvalue weighted by atomic mass is 15.3. The molecule has 0 spiro atoms. The zero-order valence-electron chi connectivity index (χ0n) is 11.2. The maximum atomic E-state index is 5.14. The Hall–Kier alpha value is -1.06. The van der Waals surface area contributed by atoms with Crippen LogP contribution in [0, 0.1) is 0 Å². The molecule has 0 rings (SSSR count). The molecule has 0 aliphatic rings. The summed E-state index contributed by atoms with van der Waals surface area (Å²) in [6.45, 7) is 2.25. The average Bonchev–Trinajstić information content (AvgIpc) is 2.30. The predicted molar refractivity (Wildman–Crippen MR) is 76.1 cm³/mol. The van der Waals surface area contributed by atoms with Gasteiger partial charge >= 0.3 is 0 Å². The summed E-state index contributed by atoms with van der Waals surface area (Å²) in [5.74, 6) is 0.0216. The van der Waals surface area contributed by atoms with Gasteiger partial charge in [0.05, 0.1) is 0 Å². The van der Waals surface area contributed by atoms with Crippen molar-refractivity contribution in [2.24, 2.45) is 21.7 Å². The fourth-order valence-electron chi connectivity index (χ4n) is 1.71. The summed E-state index contributed by atoms with van der Waals surface area (Å²) >= 11 is 0. The van der Waals surface area contributed by atoms with E-state index in [1.165, 1.54) is 57.8 Å². The van der Waals surface area contributed by atoms with Gasteiger partial charge in [0.2, 0.25) is 5.96 Å². The minimum absolute atomic E-state index is 0.0216. The summed E-state index contributed by atoms with van der Waals surface area (Å²) < 4.78 is 0. The second kappa shape index (κ2) is 13.0. The normalized spacial score (nSPS) is 10.9. The van der Waals surface area contributed by atoms with Gasteiger partial charge in [-0.05, 0) is 12.8 Å². The highest BCUT2D eigenvalue weighted by molar-refractivity contribution is 5.76. The van der Waals surface area contributed by atoms with E-state index in [4.69, 9.17) is 11.5 Å². The first-order valence-electron chi connectivity index (χ1n) is 6.87. The van der Waals surface area contributed by atoms with Crippen molar-refractivity contribution in [2.75, 3.05) is 0 Å². The van der Waals surface area contributed by atoms with Crippen LogP contribution >= 0.6 is 0 Å². The Kier molecular flexibility index (Phi) is 12.2. The Morgan fingerprint density at radius 1 is 0.882 bits per heavy atom. The van der Waals surface area contributed by atoms with Gasteiger partial charge in [-0.2, -0.15) is 5.10 Å². The number of guanidine groups is 1. The highest BCUT2D eigenvalue weighted by Gasteiger charge is 1.91. The van der Waals surface area contributed by atoms with E-state index >= 15 is 0 Å². The largest absolute Gasteiger partial charge is 0.369 e. The molecular formula is C13H28N4. The van der Waals surface area contributed by atoms with Gasteiger partial charge in [0, 0.05) is 6.21 Å². The van der Waals surface area contributed by atoms with Gasteiger partial charge in [-0.15, -0.1) is 5.10 Å². The topological polar surface area (TPSA) is 76.8 Å². The first kappa shape index (κ1) is 15.9. The Morgan fingerprint density at radius 3 is 1.94 bits per heavy atom. The molecule has 4 heteroatoms. The lowest BCUT2D eigenvalue weighted by molar-refractivity contribution is 0.569. The van der Waals surface area contributed by atoms with E-state index in [2.05, 4.69) is 17.1 Å². The standard InChI is InChI=1S/C13H28N4/c1-2-3-4-5-6-7-8-9-10-11-12-16-17-13(14)15/h12H,2-11H2,1H3,(H4,14,15,17)/b16-12+. The van der Waals surface area contributed by atoms with E-state index in [1.54, 1.807) is 6.21 Å². The number of nitrogens with two attached hydrogens (primary N) is 2. The molecule has 0 atom stereocenters. The van der Waals surface area contributed by atoms with E-state index in [0.29, 0.717) is 0 Å². The molecule has 0 amide bonds. The second-order valence-corrected chi connectivity index (χ2v) is 4.44. The Bertz CT molecular complexity index is 207. The van der Waals surface area contributed by atoms with Crippen LogP contribution in [0.2, 0.25) is 0 Å². The first-order chi connectivity index (χ1) is 8.27. The molecule has 0 aliphatic carbocycles. The molecule has 4 nitrogen and oxygen atoms in total. The Labute approximate surface area is 106 Å². The van der Waals surface area contributed by atoms with Crippen molar-refractivity contribution < 1.29 is 0 Å². The van der Waals surface area contributed by atoms with Crippen LogP contribution in [-0.4, -0.2) is 12.2 Å². The molecule has 100 valence electrons. The van der Waals surface area contributed by atoms with Crippen molar-refractivity contribution in [2.45, 2.75) is 71.1 Å². The Morgan fingerprint density at radius 2 is 1.41 bits per heavy atom. The SMILES string of the molecule is CCCCCCCCCCC/C=N/N=C(N)N. The molecule has 0 fully saturated rings. The molecule has 0 saturated carbocycles. The summed E-state index contributed by atoms with van der Waals surface area (Å²) in [5, 5.41) is 7.29. The zero-order chi connectivity index (χ0) is 12.8. The summed E-state index contributed by atoms with van der Waals surface area (Å²) in [6.07, 6.45) is 14.8. The van der Waals surface area contributed by atoms with Crippen molar-refractivity contribution in [3.8, 4) is 0 Å². The van der Waals surface area contributed by atoms with E-state index in [0.717, 1.165) is 6.42 Å². The number of unbranched alkanes of at least 4 members (excludes halogenated alkanes) is 9. The van der Waals surface area contributed by atoms with E-state index in [9.17, 15) is 0 Å². The van der Waals surface area contributed by atoms with Crippen LogP contribution in [0.5, 0.6) is 0 Å². The number of rotatable bonds is 11. The highest BCUT2D eigenvalue weighted by Crippen LogP contribution is 2.09. The van der Waals surface area contributed by atoms with E-state index in [1.807, 2.05) is 0 Å². The summed E-state index contributed by atoms with van der Waals surface area (Å²) in [4.78, 5) is 0. The zero-order valence-corrected chi connectivity index (χ0v) is 11.2. The fraction of sp³-hybridized carbons (Fsp3) is 0.846. The van der Waals surface area contributed by atoms with Crippen molar-refractivity contribution in [1.29, 1.82) is 0 Å². The van der Waals surface area contributed by atoms with Crippen molar-refractivity contribution in [1.82, 2.24) is 0 Å². The molecule has 0 heterocycles. The van der Waals surface area contributed by atoms with Crippen LogP contribution in [0.4, 0.5) is 0 Å². The van der Waals surface area contributed by atoms with Gasteiger partial charge in [0.15, 0.2) is 0 Å². The van der Waals surface area contributed by atoms with E-state index in [-0.39, 0.29) is 5.96 Å². The van der Waals surface area contributed by atoms with Crippen LogP contribution in [0.15, 0.2) is 10.2 Å². The molecule has 0 unspecified atom stereocenters. The minimum atomic E-state index is 0.0216. The monoisotopic (exact) mass is 240 g/mol. The fourth-order valence-corrected chi connectivity index (χ4v) is 1.71. The molecule has 0 aromatic rings. The minimum Gasteiger partial charge on any atom is -0.369 e. The molecule has 0 aliphatic heterocycles. The molecular weight excluding hydrogens is 212 g/mol. The van der Waals surface area contributed by atoms with Gasteiger partial charge < -0.3 is 11.5 Å². The quantitative estimate of drug-likeness (QED) is 0.252. The maximum absolute atomic E-state index is 5.14. The van der Waals surface area contributed by atoms with Crippen LogP contribution in [0.1, 0.15) is 71.1 Å². The van der Waals surface area contributed by atoms with Gasteiger partial charge in [0.1, 0.15) is 0 Å². The predicted octanol–water partition coefficient (Wildman–Crippen LogP) is 3.17. The molecule has 17 heavy (non-hydrogen) atoms. The first-order valence-corrected chi connectivity index (χ1v) is 6.87. The van der Waals surface area contributed by atoms with Gasteiger partial charge in [0.25, 0.3) is 0 Å². The summed E-state index contributed by atoms with van der Waals surface area (Å²) in [6, 6.07) is 0. The van der Waals surface area contributed by atoms with Gasteiger partial charge in [-0.1, -0.05) is 58.3 Å². The van der Waals surface area contributed by atoms with Crippen molar-refractivity contribution in [3.63, 3.8) is 0 Å². The summed E-state index contributed by atoms with van der Waals surface area (Å²) in [5.41, 5.74) is 10.3. The lowest BCUT2D eigenvalue weighted by Gasteiger charge is -2.00. The molecule has 4 N–H and O–H groups in total. The number of nitrogens with zero attached hydrogens (tertiary/aromatic N) is 2. The smallest absolute Gasteiger partial charge is 0.211 e. The average molecular weight is 240 g/mol. The third-order valence-corrected chi connectivity index (χ3v) is 2.69. The van der Waals surface area contributed by atoms with Crippen LogP contribution in [0.3, 0.4) is 0 Å². The molecule has 0 aromatic heterocycles. The van der Waals surface area contributed by atoms with Crippen molar-refractivity contribution >= 4 is 12.2 Å². The second-order valence-electron chi connectivity index (χ2n) is 4.44. The van der Waals surface area contributed by atoms with Gasteiger partial charge in [-0.3, -0.25) is 0 Å². The maximum Gasteiger partial charge on any atom is 0.211 e. The van der Waals surface area contributed by atoms with E-state index < -0.39 is 0 Å². The van der Waals surface area contributed by atoms with Gasteiger partial charge in [-0.25, -0.2) is 0 Å². The van der Waals surface area contributed by atoms with Crippen LogP contribution in [-0.2, 0) is 0 Å². The van der Waals surface area contributed by atoms with Crippen molar-refractivity contribution in [3.05, 3.63) is 0 Å². The third-order valence-electron chi connectivity index (χ3n) is 2.69. The molecule has 0 radical (unpaired) electrons. The molecule has 0 aromatic carbocycles. The molecule has 0 bridgehead atoms. The summed E-state index contributed by atoms with van der Waals surface area (Å²) in [7, 11) is 0. The molecule has 0 saturated heterocycles. The van der Waals surface area contributed by atoms with Crippen LogP contribution < -0.4 is 11.5 Å².